The lowest BCUT2D eigenvalue weighted by Crippen LogP contribution is -2.48. The molecule has 5 nitrogen and oxygen atoms in total. The first kappa shape index (κ1) is 12.3. The van der Waals surface area contributed by atoms with Crippen LogP contribution in [-0.4, -0.2) is 17.9 Å². The van der Waals surface area contributed by atoms with Crippen LogP contribution in [0.25, 0.3) is 0 Å². The van der Waals surface area contributed by atoms with Gasteiger partial charge >= 0.3 is 0 Å². The first-order valence-corrected chi connectivity index (χ1v) is 5.06. The largest absolute Gasteiger partial charge is 0.548 e. The van der Waals surface area contributed by atoms with Crippen molar-refractivity contribution in [2.75, 3.05) is 0 Å². The maximum absolute atomic E-state index is 11.5. The van der Waals surface area contributed by atoms with Crippen molar-refractivity contribution in [3.05, 3.63) is 24.2 Å². The van der Waals surface area contributed by atoms with Gasteiger partial charge in [-0.3, -0.25) is 4.79 Å². The molecule has 0 aromatic carbocycles. The monoisotopic (exact) mass is 224 g/mol. The molecule has 1 amide bonds. The lowest BCUT2D eigenvalue weighted by atomic mass is 10.0. The molecule has 0 radical (unpaired) electrons. The van der Waals surface area contributed by atoms with Crippen LogP contribution in [0.1, 0.15) is 30.8 Å². The highest BCUT2D eigenvalue weighted by Crippen LogP contribution is 2.06. The van der Waals surface area contributed by atoms with Crippen molar-refractivity contribution in [3.8, 4) is 0 Å². The minimum Gasteiger partial charge on any atom is -0.548 e. The third kappa shape index (κ3) is 3.42. The highest BCUT2D eigenvalue weighted by molar-refractivity contribution is 5.93. The Morgan fingerprint density at radius 1 is 1.50 bits per heavy atom. The molecular weight excluding hydrogens is 210 g/mol. The summed E-state index contributed by atoms with van der Waals surface area (Å²) >= 11 is 0. The maximum atomic E-state index is 11.5. The van der Waals surface area contributed by atoms with Crippen LogP contribution in [0.15, 0.2) is 22.8 Å². The van der Waals surface area contributed by atoms with Crippen molar-refractivity contribution in [1.82, 2.24) is 5.32 Å². The molecule has 1 unspecified atom stereocenters. The van der Waals surface area contributed by atoms with E-state index in [0.717, 1.165) is 0 Å². The van der Waals surface area contributed by atoms with Crippen LogP contribution in [0.2, 0.25) is 0 Å². The molecule has 0 aliphatic heterocycles. The number of nitrogens with one attached hydrogen (secondary N) is 1. The van der Waals surface area contributed by atoms with Gasteiger partial charge in [-0.25, -0.2) is 0 Å². The van der Waals surface area contributed by atoms with Crippen LogP contribution in [0.4, 0.5) is 0 Å². The Labute approximate surface area is 93.4 Å². The van der Waals surface area contributed by atoms with Crippen molar-refractivity contribution in [3.63, 3.8) is 0 Å². The first-order valence-electron chi connectivity index (χ1n) is 5.06. The van der Waals surface area contributed by atoms with E-state index < -0.39 is 17.9 Å². The van der Waals surface area contributed by atoms with Crippen LogP contribution < -0.4 is 10.4 Å². The molecule has 0 aliphatic carbocycles. The summed E-state index contributed by atoms with van der Waals surface area (Å²) in [5.41, 5.74) is 0. The van der Waals surface area contributed by atoms with Gasteiger partial charge in [0.2, 0.25) is 0 Å². The lowest BCUT2D eigenvalue weighted by molar-refractivity contribution is -0.308. The molecule has 1 N–H and O–H groups in total. The summed E-state index contributed by atoms with van der Waals surface area (Å²) in [5, 5.41) is 13.1. The Hall–Kier alpha value is -1.78. The highest BCUT2D eigenvalue weighted by atomic mass is 16.4. The summed E-state index contributed by atoms with van der Waals surface area (Å²) < 4.78 is 4.86. The van der Waals surface area contributed by atoms with Crippen molar-refractivity contribution in [2.45, 2.75) is 26.3 Å². The third-order valence-electron chi connectivity index (χ3n) is 2.04. The van der Waals surface area contributed by atoms with Crippen LogP contribution in [0, 0.1) is 5.92 Å². The molecule has 0 fully saturated rings. The fourth-order valence-electron chi connectivity index (χ4n) is 1.32. The fraction of sp³-hybridized carbons (Fsp3) is 0.455. The summed E-state index contributed by atoms with van der Waals surface area (Å²) in [7, 11) is 0. The molecule has 0 bridgehead atoms. The van der Waals surface area contributed by atoms with E-state index in [1.54, 1.807) is 6.07 Å². The molecule has 5 heteroatoms. The van der Waals surface area contributed by atoms with Crippen LogP contribution in [-0.2, 0) is 4.79 Å². The number of hydrogen-bond donors (Lipinski definition) is 1. The van der Waals surface area contributed by atoms with Gasteiger partial charge in [0.25, 0.3) is 5.91 Å². The Bertz CT molecular complexity index is 356. The molecule has 0 saturated heterocycles. The zero-order valence-corrected chi connectivity index (χ0v) is 9.23. The Morgan fingerprint density at radius 3 is 2.62 bits per heavy atom. The van der Waals surface area contributed by atoms with Gasteiger partial charge in [0.05, 0.1) is 18.3 Å². The average Bonchev–Trinajstić information content (AvgIpc) is 2.68. The summed E-state index contributed by atoms with van der Waals surface area (Å²) in [6, 6.07) is 2.04. The number of furan rings is 1. The molecule has 0 saturated carbocycles. The number of carbonyl (C=O) groups is 2. The van der Waals surface area contributed by atoms with E-state index in [-0.39, 0.29) is 11.7 Å². The highest BCUT2D eigenvalue weighted by Gasteiger charge is 2.17. The summed E-state index contributed by atoms with van der Waals surface area (Å²) in [6.45, 7) is 3.74. The molecule has 88 valence electrons. The Kier molecular flexibility index (Phi) is 4.10. The van der Waals surface area contributed by atoms with E-state index >= 15 is 0 Å². The van der Waals surface area contributed by atoms with Crippen LogP contribution in [0.3, 0.4) is 0 Å². The number of rotatable bonds is 5. The summed E-state index contributed by atoms with van der Waals surface area (Å²) in [4.78, 5) is 22.3. The lowest BCUT2D eigenvalue weighted by Gasteiger charge is -2.20. The maximum Gasteiger partial charge on any atom is 0.287 e. The third-order valence-corrected chi connectivity index (χ3v) is 2.04. The zero-order chi connectivity index (χ0) is 12.1. The fourth-order valence-corrected chi connectivity index (χ4v) is 1.32. The van der Waals surface area contributed by atoms with Gasteiger partial charge < -0.3 is 19.6 Å². The smallest absolute Gasteiger partial charge is 0.287 e. The average molecular weight is 224 g/mol. The number of aliphatic carboxylic acids is 1. The van der Waals surface area contributed by atoms with Gasteiger partial charge in [-0.1, -0.05) is 13.8 Å². The second kappa shape index (κ2) is 5.34. The Morgan fingerprint density at radius 2 is 2.19 bits per heavy atom. The van der Waals surface area contributed by atoms with E-state index in [1.807, 2.05) is 13.8 Å². The molecular formula is C11H14NO4-. The predicted octanol–water partition coefficient (Wildman–Crippen LogP) is 0.174. The predicted molar refractivity (Wildman–Crippen MR) is 54.4 cm³/mol. The number of hydrogen-bond acceptors (Lipinski definition) is 4. The van der Waals surface area contributed by atoms with Gasteiger partial charge in [0.1, 0.15) is 0 Å². The minimum absolute atomic E-state index is 0.0926. The van der Waals surface area contributed by atoms with E-state index in [0.29, 0.717) is 6.42 Å². The number of carboxylic acids is 1. The summed E-state index contributed by atoms with van der Waals surface area (Å²) in [6.07, 6.45) is 1.68. The molecule has 1 heterocycles. The molecule has 0 spiro atoms. The van der Waals surface area contributed by atoms with Crippen molar-refractivity contribution in [1.29, 1.82) is 0 Å². The van der Waals surface area contributed by atoms with Crippen molar-refractivity contribution < 1.29 is 19.1 Å². The second-order valence-corrected chi connectivity index (χ2v) is 3.95. The molecule has 1 atom stereocenters. The molecule has 1 aromatic rings. The van der Waals surface area contributed by atoms with E-state index in [2.05, 4.69) is 5.32 Å². The van der Waals surface area contributed by atoms with E-state index in [9.17, 15) is 14.7 Å². The number of carbonyl (C=O) groups excluding carboxylic acids is 2. The molecule has 1 aromatic heterocycles. The second-order valence-electron chi connectivity index (χ2n) is 3.95. The molecule has 0 aliphatic rings. The topological polar surface area (TPSA) is 82.4 Å². The number of carboxylic acid groups (broad SMARTS) is 1. The van der Waals surface area contributed by atoms with Gasteiger partial charge in [0.15, 0.2) is 5.76 Å². The normalized spacial score (nSPS) is 12.4. The zero-order valence-electron chi connectivity index (χ0n) is 9.23. The van der Waals surface area contributed by atoms with Gasteiger partial charge in [-0.05, 0) is 24.5 Å². The standard InChI is InChI=1S/C11H15NO4/c1-7(2)6-8(11(14)15)12-10(13)9-4-3-5-16-9/h3-5,7-8H,6H2,1-2H3,(H,12,13)(H,14,15)/p-1. The van der Waals surface area contributed by atoms with Crippen molar-refractivity contribution >= 4 is 11.9 Å². The minimum atomic E-state index is -1.28. The summed E-state index contributed by atoms with van der Waals surface area (Å²) in [5.74, 6) is -1.58. The van der Waals surface area contributed by atoms with Gasteiger partial charge in [0, 0.05) is 0 Å². The van der Waals surface area contributed by atoms with Crippen LogP contribution in [0.5, 0.6) is 0 Å². The first-order chi connectivity index (χ1) is 7.50. The van der Waals surface area contributed by atoms with E-state index in [1.165, 1.54) is 12.3 Å². The molecule has 1 rings (SSSR count). The van der Waals surface area contributed by atoms with Crippen molar-refractivity contribution in [2.24, 2.45) is 5.92 Å². The van der Waals surface area contributed by atoms with Crippen LogP contribution >= 0.6 is 0 Å². The quantitative estimate of drug-likeness (QED) is 0.773. The van der Waals surface area contributed by atoms with Gasteiger partial charge in [-0.15, -0.1) is 0 Å². The Balaban J connectivity index is 2.62. The SMILES string of the molecule is CC(C)CC(NC(=O)c1ccco1)C(=O)[O-]. The van der Waals surface area contributed by atoms with Gasteiger partial charge in [-0.2, -0.15) is 0 Å². The molecule has 16 heavy (non-hydrogen) atoms. The van der Waals surface area contributed by atoms with E-state index in [4.69, 9.17) is 4.42 Å². The number of amides is 1.